The molecule has 0 heterocycles. The second-order valence-corrected chi connectivity index (χ2v) is 4.88. The molecule has 0 aromatic heterocycles. The average Bonchev–Trinajstić information content (AvgIpc) is 2.29. The molecule has 2 N–H and O–H groups in total. The fraction of sp³-hybridized carbons (Fsp3) is 0.538. The number of halogens is 1. The van der Waals surface area contributed by atoms with Crippen LogP contribution in [0, 0.1) is 11.2 Å². The van der Waals surface area contributed by atoms with E-state index in [1.807, 2.05) is 13.8 Å². The van der Waals surface area contributed by atoms with E-state index in [0.29, 0.717) is 18.8 Å². The summed E-state index contributed by atoms with van der Waals surface area (Å²) in [4.78, 5) is 0. The van der Waals surface area contributed by atoms with Crippen LogP contribution >= 0.6 is 0 Å². The number of nitrogens with one attached hydrogen (secondary N) is 1. The lowest BCUT2D eigenvalue weighted by Gasteiger charge is -2.22. The fourth-order valence-corrected chi connectivity index (χ4v) is 1.48. The van der Waals surface area contributed by atoms with Gasteiger partial charge in [-0.15, -0.1) is 0 Å². The zero-order chi connectivity index (χ0) is 12.9. The number of methoxy groups -OCH3 is 1. The first-order chi connectivity index (χ1) is 7.98. The maximum absolute atomic E-state index is 13.1. The molecular formula is C13H20FNO2. The van der Waals surface area contributed by atoms with Crippen LogP contribution in [0.5, 0.6) is 5.75 Å². The number of benzene rings is 1. The van der Waals surface area contributed by atoms with Gasteiger partial charge in [-0.2, -0.15) is 0 Å². The molecule has 1 aromatic carbocycles. The lowest BCUT2D eigenvalue weighted by molar-refractivity contribution is 0.156. The minimum atomic E-state index is -0.274. The molecule has 0 aliphatic carbocycles. The van der Waals surface area contributed by atoms with Gasteiger partial charge >= 0.3 is 0 Å². The third kappa shape index (κ3) is 4.32. The average molecular weight is 241 g/mol. The Morgan fingerprint density at radius 1 is 1.41 bits per heavy atom. The van der Waals surface area contributed by atoms with Crippen molar-refractivity contribution in [2.24, 2.45) is 5.41 Å². The second-order valence-electron chi connectivity index (χ2n) is 4.88. The quantitative estimate of drug-likeness (QED) is 0.799. The minimum Gasteiger partial charge on any atom is -0.496 e. The molecule has 0 unspecified atom stereocenters. The van der Waals surface area contributed by atoms with E-state index >= 15 is 0 Å². The van der Waals surface area contributed by atoms with Gasteiger partial charge in [0.25, 0.3) is 0 Å². The summed E-state index contributed by atoms with van der Waals surface area (Å²) in [7, 11) is 1.56. The van der Waals surface area contributed by atoms with Gasteiger partial charge in [-0.25, -0.2) is 4.39 Å². The van der Waals surface area contributed by atoms with Gasteiger partial charge in [0.1, 0.15) is 11.6 Å². The van der Waals surface area contributed by atoms with Crippen molar-refractivity contribution < 1.29 is 14.2 Å². The van der Waals surface area contributed by atoms with Crippen molar-refractivity contribution in [3.8, 4) is 5.75 Å². The SMILES string of the molecule is COc1ccc(F)cc1CNCC(C)(C)CO. The van der Waals surface area contributed by atoms with Crippen molar-refractivity contribution >= 4 is 0 Å². The largest absolute Gasteiger partial charge is 0.496 e. The van der Waals surface area contributed by atoms with E-state index in [1.165, 1.54) is 12.1 Å². The first-order valence-electron chi connectivity index (χ1n) is 5.62. The summed E-state index contributed by atoms with van der Waals surface area (Å²) in [5.74, 6) is 0.393. The molecule has 1 aromatic rings. The van der Waals surface area contributed by atoms with E-state index in [2.05, 4.69) is 5.32 Å². The van der Waals surface area contributed by atoms with Crippen molar-refractivity contribution in [3.63, 3.8) is 0 Å². The molecule has 0 atom stereocenters. The fourth-order valence-electron chi connectivity index (χ4n) is 1.48. The highest BCUT2D eigenvalue weighted by Gasteiger charge is 2.15. The minimum absolute atomic E-state index is 0.111. The van der Waals surface area contributed by atoms with Gasteiger partial charge in [-0.1, -0.05) is 13.8 Å². The number of rotatable bonds is 6. The second kappa shape index (κ2) is 5.98. The lowest BCUT2D eigenvalue weighted by atomic mass is 9.95. The van der Waals surface area contributed by atoms with Gasteiger partial charge in [0.15, 0.2) is 0 Å². The molecule has 0 bridgehead atoms. The van der Waals surface area contributed by atoms with E-state index < -0.39 is 0 Å². The van der Waals surface area contributed by atoms with E-state index in [0.717, 1.165) is 5.56 Å². The Kier molecular flexibility index (Phi) is 4.90. The molecule has 3 nitrogen and oxygen atoms in total. The first kappa shape index (κ1) is 13.9. The Morgan fingerprint density at radius 2 is 2.12 bits per heavy atom. The third-order valence-electron chi connectivity index (χ3n) is 2.59. The maximum atomic E-state index is 13.1. The molecule has 0 spiro atoms. The zero-order valence-electron chi connectivity index (χ0n) is 10.6. The van der Waals surface area contributed by atoms with Crippen molar-refractivity contribution in [1.29, 1.82) is 0 Å². The molecule has 0 saturated carbocycles. The third-order valence-corrected chi connectivity index (χ3v) is 2.59. The van der Waals surface area contributed by atoms with Crippen LogP contribution in [0.25, 0.3) is 0 Å². The molecule has 4 heteroatoms. The van der Waals surface area contributed by atoms with Crippen molar-refractivity contribution in [2.45, 2.75) is 20.4 Å². The van der Waals surface area contributed by atoms with E-state index in [9.17, 15) is 4.39 Å². The molecule has 0 amide bonds. The Hall–Kier alpha value is -1.13. The summed E-state index contributed by atoms with van der Waals surface area (Å²) in [5.41, 5.74) is 0.599. The van der Waals surface area contributed by atoms with Crippen molar-refractivity contribution in [3.05, 3.63) is 29.6 Å². The van der Waals surface area contributed by atoms with Gasteiger partial charge in [-0.05, 0) is 18.2 Å². The number of aliphatic hydroxyl groups excluding tert-OH is 1. The molecule has 0 aliphatic heterocycles. The molecule has 0 aliphatic rings. The van der Waals surface area contributed by atoms with Crippen LogP contribution in [0.15, 0.2) is 18.2 Å². The molecule has 17 heavy (non-hydrogen) atoms. The summed E-state index contributed by atoms with van der Waals surface area (Å²) in [5, 5.41) is 12.3. The first-order valence-corrected chi connectivity index (χ1v) is 5.62. The highest BCUT2D eigenvalue weighted by molar-refractivity contribution is 5.33. The predicted octanol–water partition coefficient (Wildman–Crippen LogP) is 1.94. The highest BCUT2D eigenvalue weighted by Crippen LogP contribution is 2.19. The lowest BCUT2D eigenvalue weighted by Crippen LogP contribution is -2.32. The smallest absolute Gasteiger partial charge is 0.123 e. The van der Waals surface area contributed by atoms with Crippen LogP contribution < -0.4 is 10.1 Å². The normalized spacial score (nSPS) is 11.6. The zero-order valence-corrected chi connectivity index (χ0v) is 10.6. The molecular weight excluding hydrogens is 221 g/mol. The van der Waals surface area contributed by atoms with E-state index in [1.54, 1.807) is 13.2 Å². The van der Waals surface area contributed by atoms with Gasteiger partial charge in [0.05, 0.1) is 7.11 Å². The summed E-state index contributed by atoms with van der Waals surface area (Å²) in [6, 6.07) is 4.45. The van der Waals surface area contributed by atoms with Gasteiger partial charge in [0, 0.05) is 30.7 Å². The van der Waals surface area contributed by atoms with Crippen molar-refractivity contribution in [1.82, 2.24) is 5.32 Å². The maximum Gasteiger partial charge on any atom is 0.123 e. The Bertz CT molecular complexity index is 366. The van der Waals surface area contributed by atoms with Gasteiger partial charge < -0.3 is 15.2 Å². The molecule has 0 fully saturated rings. The van der Waals surface area contributed by atoms with Crippen LogP contribution in [-0.4, -0.2) is 25.4 Å². The van der Waals surface area contributed by atoms with Crippen LogP contribution in [0.1, 0.15) is 19.4 Å². The topological polar surface area (TPSA) is 41.5 Å². The van der Waals surface area contributed by atoms with Crippen LogP contribution in [0.3, 0.4) is 0 Å². The molecule has 1 rings (SSSR count). The predicted molar refractivity (Wildman–Crippen MR) is 65.5 cm³/mol. The Labute approximate surface area is 102 Å². The van der Waals surface area contributed by atoms with Crippen LogP contribution in [0.2, 0.25) is 0 Å². The van der Waals surface area contributed by atoms with Gasteiger partial charge in [-0.3, -0.25) is 0 Å². The summed E-state index contributed by atoms with van der Waals surface area (Å²) in [6.07, 6.45) is 0. The Balaban J connectivity index is 2.59. The van der Waals surface area contributed by atoms with Crippen LogP contribution in [-0.2, 0) is 6.54 Å². The monoisotopic (exact) mass is 241 g/mol. The number of hydrogen-bond acceptors (Lipinski definition) is 3. The van der Waals surface area contributed by atoms with Gasteiger partial charge in [0.2, 0.25) is 0 Å². The number of aliphatic hydroxyl groups is 1. The molecule has 96 valence electrons. The highest BCUT2D eigenvalue weighted by atomic mass is 19.1. The Morgan fingerprint density at radius 3 is 2.71 bits per heavy atom. The van der Waals surface area contributed by atoms with Crippen LogP contribution in [0.4, 0.5) is 4.39 Å². The molecule has 0 saturated heterocycles. The summed E-state index contributed by atoms with van der Waals surface area (Å²) in [6.45, 7) is 5.21. The van der Waals surface area contributed by atoms with E-state index in [4.69, 9.17) is 9.84 Å². The van der Waals surface area contributed by atoms with Crippen molar-refractivity contribution in [2.75, 3.05) is 20.3 Å². The van der Waals surface area contributed by atoms with E-state index in [-0.39, 0.29) is 17.8 Å². The molecule has 0 radical (unpaired) electrons. The summed E-state index contributed by atoms with van der Waals surface area (Å²) >= 11 is 0. The summed E-state index contributed by atoms with van der Waals surface area (Å²) < 4.78 is 18.2. The standard InChI is InChI=1S/C13H20FNO2/c1-13(2,9-16)8-15-7-10-6-11(14)4-5-12(10)17-3/h4-6,15-16H,7-9H2,1-3H3. The number of hydrogen-bond donors (Lipinski definition) is 2. The number of ether oxygens (including phenoxy) is 1.